The Kier molecular flexibility index (Phi) is 5.20. The Balaban J connectivity index is 1.66. The highest BCUT2D eigenvalue weighted by atomic mass is 16.5. The fourth-order valence-electron chi connectivity index (χ4n) is 3.66. The van der Waals surface area contributed by atoms with E-state index < -0.39 is 0 Å². The van der Waals surface area contributed by atoms with Crippen LogP contribution in [-0.4, -0.2) is 52.9 Å². The van der Waals surface area contributed by atoms with Gasteiger partial charge in [0, 0.05) is 37.7 Å². The minimum atomic E-state index is -0.131. The van der Waals surface area contributed by atoms with Crippen LogP contribution in [0.5, 0.6) is 5.75 Å². The molecule has 6 nitrogen and oxygen atoms in total. The molecule has 0 radical (unpaired) electrons. The van der Waals surface area contributed by atoms with Crippen LogP contribution in [0.2, 0.25) is 0 Å². The maximum atomic E-state index is 12.9. The number of ether oxygens (including phenoxy) is 1. The molecule has 1 aromatic heterocycles. The average Bonchev–Trinajstić information content (AvgIpc) is 3.13. The van der Waals surface area contributed by atoms with Crippen molar-refractivity contribution in [3.05, 3.63) is 42.7 Å². The normalized spacial score (nSPS) is 17.8. The van der Waals surface area contributed by atoms with E-state index in [0.717, 1.165) is 24.5 Å². The summed E-state index contributed by atoms with van der Waals surface area (Å²) in [5, 5.41) is 4.21. The number of aromatic nitrogens is 2. The van der Waals surface area contributed by atoms with E-state index in [4.69, 9.17) is 4.74 Å². The van der Waals surface area contributed by atoms with E-state index in [9.17, 15) is 4.79 Å². The van der Waals surface area contributed by atoms with Gasteiger partial charge in [0.1, 0.15) is 5.75 Å². The van der Waals surface area contributed by atoms with Gasteiger partial charge in [-0.3, -0.25) is 9.48 Å². The molecule has 1 amide bonds. The van der Waals surface area contributed by atoms with E-state index in [2.05, 4.69) is 36.0 Å². The molecule has 6 heteroatoms. The molecule has 2 heterocycles. The van der Waals surface area contributed by atoms with Crippen molar-refractivity contribution in [3.63, 3.8) is 0 Å². The molecule has 0 saturated carbocycles. The Morgan fingerprint density at radius 2 is 2.00 bits per heavy atom. The molecule has 1 fully saturated rings. The molecule has 1 saturated heterocycles. The number of carbonyl (C=O) groups excluding carboxylic acids is 1. The molecule has 2 aromatic rings. The van der Waals surface area contributed by atoms with Gasteiger partial charge in [-0.2, -0.15) is 5.10 Å². The van der Waals surface area contributed by atoms with E-state index in [1.54, 1.807) is 13.3 Å². The van der Waals surface area contributed by atoms with Gasteiger partial charge < -0.3 is 14.5 Å². The first-order valence-electron chi connectivity index (χ1n) is 9.08. The lowest BCUT2D eigenvalue weighted by molar-refractivity contribution is -0.137. The molecule has 0 spiro atoms. The third-order valence-electron chi connectivity index (χ3n) is 5.04. The third kappa shape index (κ3) is 3.84. The molecule has 1 aliphatic rings. The summed E-state index contributed by atoms with van der Waals surface area (Å²) in [6.07, 6.45) is 3.64. The van der Waals surface area contributed by atoms with Crippen LogP contribution in [0, 0.1) is 5.92 Å². The SMILES string of the molecule is COc1ccc(N2CCN(C(=O)C(C)Cn3cccn3)CC2(C)C)cc1. The fraction of sp³-hybridized carbons (Fsp3) is 0.500. The second-order valence-electron chi connectivity index (χ2n) is 7.55. The van der Waals surface area contributed by atoms with Gasteiger partial charge in [0.2, 0.25) is 5.91 Å². The van der Waals surface area contributed by atoms with Crippen LogP contribution in [-0.2, 0) is 11.3 Å². The van der Waals surface area contributed by atoms with Crippen molar-refractivity contribution >= 4 is 11.6 Å². The number of methoxy groups -OCH3 is 1. The maximum Gasteiger partial charge on any atom is 0.227 e. The number of carbonyl (C=O) groups is 1. The van der Waals surface area contributed by atoms with Gasteiger partial charge in [-0.25, -0.2) is 0 Å². The molecule has 1 atom stereocenters. The third-order valence-corrected chi connectivity index (χ3v) is 5.04. The summed E-state index contributed by atoms with van der Waals surface area (Å²) in [6, 6.07) is 10.0. The Morgan fingerprint density at radius 3 is 2.58 bits per heavy atom. The van der Waals surface area contributed by atoms with Crippen molar-refractivity contribution in [2.24, 2.45) is 5.92 Å². The molecule has 140 valence electrons. The fourth-order valence-corrected chi connectivity index (χ4v) is 3.66. The van der Waals surface area contributed by atoms with Gasteiger partial charge in [0.25, 0.3) is 0 Å². The van der Waals surface area contributed by atoms with Crippen LogP contribution < -0.4 is 9.64 Å². The monoisotopic (exact) mass is 356 g/mol. The highest BCUT2D eigenvalue weighted by Crippen LogP contribution is 2.30. The lowest BCUT2D eigenvalue weighted by Gasteiger charge is -2.49. The number of hydrogen-bond acceptors (Lipinski definition) is 4. The highest BCUT2D eigenvalue weighted by Gasteiger charge is 2.36. The number of nitrogens with zero attached hydrogens (tertiary/aromatic N) is 4. The number of benzene rings is 1. The van der Waals surface area contributed by atoms with Gasteiger partial charge in [0.05, 0.1) is 25.1 Å². The minimum Gasteiger partial charge on any atom is -0.497 e. The molecular formula is C20H28N4O2. The Labute approximate surface area is 155 Å². The van der Waals surface area contributed by atoms with Crippen LogP contribution in [0.1, 0.15) is 20.8 Å². The second kappa shape index (κ2) is 7.40. The van der Waals surface area contributed by atoms with Crippen LogP contribution in [0.15, 0.2) is 42.7 Å². The number of amides is 1. The Bertz CT molecular complexity index is 725. The first-order chi connectivity index (χ1) is 12.4. The molecular weight excluding hydrogens is 328 g/mol. The van der Waals surface area contributed by atoms with Crippen LogP contribution >= 0.6 is 0 Å². The summed E-state index contributed by atoms with van der Waals surface area (Å²) < 4.78 is 7.07. The maximum absolute atomic E-state index is 12.9. The minimum absolute atomic E-state index is 0.0850. The zero-order valence-corrected chi connectivity index (χ0v) is 16.1. The molecule has 26 heavy (non-hydrogen) atoms. The van der Waals surface area contributed by atoms with Gasteiger partial charge in [-0.1, -0.05) is 6.92 Å². The molecule has 1 aromatic carbocycles. The summed E-state index contributed by atoms with van der Waals surface area (Å²) in [5.74, 6) is 0.967. The van der Waals surface area contributed by atoms with E-state index in [0.29, 0.717) is 13.1 Å². The lowest BCUT2D eigenvalue weighted by atomic mass is 9.96. The summed E-state index contributed by atoms with van der Waals surface area (Å²) in [4.78, 5) is 17.3. The largest absolute Gasteiger partial charge is 0.497 e. The van der Waals surface area contributed by atoms with Gasteiger partial charge in [0.15, 0.2) is 0 Å². The van der Waals surface area contributed by atoms with E-state index in [1.165, 1.54) is 0 Å². The smallest absolute Gasteiger partial charge is 0.227 e. The predicted molar refractivity (Wildman–Crippen MR) is 102 cm³/mol. The second-order valence-corrected chi connectivity index (χ2v) is 7.55. The molecule has 1 aliphatic heterocycles. The summed E-state index contributed by atoms with van der Waals surface area (Å²) in [5.41, 5.74) is 1.03. The lowest BCUT2D eigenvalue weighted by Crippen LogP contribution is -2.61. The van der Waals surface area contributed by atoms with Crippen LogP contribution in [0.3, 0.4) is 0 Å². The number of rotatable bonds is 5. The topological polar surface area (TPSA) is 50.6 Å². The molecule has 3 rings (SSSR count). The van der Waals surface area contributed by atoms with E-state index in [1.807, 2.05) is 40.9 Å². The zero-order chi connectivity index (χ0) is 18.7. The first kappa shape index (κ1) is 18.3. The summed E-state index contributed by atoms with van der Waals surface area (Å²) in [7, 11) is 1.67. The standard InChI is InChI=1S/C20H28N4O2/c1-16(14-23-11-5-10-21-23)19(25)22-12-13-24(20(2,3)15-22)17-6-8-18(26-4)9-7-17/h5-11,16H,12-15H2,1-4H3. The number of piperazine rings is 1. The summed E-state index contributed by atoms with van der Waals surface area (Å²) >= 11 is 0. The quantitative estimate of drug-likeness (QED) is 0.826. The molecule has 0 aliphatic carbocycles. The van der Waals surface area contributed by atoms with Gasteiger partial charge >= 0.3 is 0 Å². The molecule has 0 N–H and O–H groups in total. The van der Waals surface area contributed by atoms with E-state index in [-0.39, 0.29) is 17.4 Å². The average molecular weight is 356 g/mol. The van der Waals surface area contributed by atoms with Crippen molar-refractivity contribution in [1.29, 1.82) is 0 Å². The van der Waals surface area contributed by atoms with Crippen LogP contribution in [0.4, 0.5) is 5.69 Å². The van der Waals surface area contributed by atoms with E-state index >= 15 is 0 Å². The van der Waals surface area contributed by atoms with Crippen molar-refractivity contribution in [2.75, 3.05) is 31.6 Å². The summed E-state index contributed by atoms with van der Waals surface area (Å²) in [6.45, 7) is 9.24. The highest BCUT2D eigenvalue weighted by molar-refractivity contribution is 5.79. The predicted octanol–water partition coefficient (Wildman–Crippen LogP) is 2.66. The van der Waals surface area contributed by atoms with Crippen molar-refractivity contribution in [1.82, 2.24) is 14.7 Å². The zero-order valence-electron chi connectivity index (χ0n) is 16.1. The number of hydrogen-bond donors (Lipinski definition) is 0. The van der Waals surface area contributed by atoms with Crippen molar-refractivity contribution in [2.45, 2.75) is 32.9 Å². The number of anilines is 1. The van der Waals surface area contributed by atoms with Gasteiger partial charge in [-0.05, 0) is 44.2 Å². The Morgan fingerprint density at radius 1 is 1.27 bits per heavy atom. The molecule has 0 bridgehead atoms. The van der Waals surface area contributed by atoms with Gasteiger partial charge in [-0.15, -0.1) is 0 Å². The van der Waals surface area contributed by atoms with Crippen LogP contribution in [0.25, 0.3) is 0 Å². The molecule has 1 unspecified atom stereocenters. The van der Waals surface area contributed by atoms with Crippen molar-refractivity contribution < 1.29 is 9.53 Å². The Hall–Kier alpha value is -2.50. The van der Waals surface area contributed by atoms with Crippen molar-refractivity contribution in [3.8, 4) is 5.75 Å². The first-order valence-corrected chi connectivity index (χ1v) is 9.08.